The first kappa shape index (κ1) is 17.1. The molecule has 0 spiro atoms. The summed E-state index contributed by atoms with van der Waals surface area (Å²) in [6.07, 6.45) is 1.66. The van der Waals surface area contributed by atoms with E-state index in [0.717, 1.165) is 22.6 Å². The van der Waals surface area contributed by atoms with E-state index in [4.69, 9.17) is 0 Å². The Labute approximate surface area is 160 Å². The molecule has 6 nitrogen and oxygen atoms in total. The maximum absolute atomic E-state index is 12.6. The van der Waals surface area contributed by atoms with E-state index in [2.05, 4.69) is 15.5 Å². The molecule has 1 N–H and O–H groups in total. The maximum Gasteiger partial charge on any atom is 0.213 e. The molecule has 134 valence electrons. The second-order valence-corrected chi connectivity index (χ2v) is 7.26. The summed E-state index contributed by atoms with van der Waals surface area (Å²) in [6.45, 7) is 0. The number of hydrogen-bond acceptors (Lipinski definition) is 7. The van der Waals surface area contributed by atoms with Gasteiger partial charge in [-0.25, -0.2) is 4.98 Å². The van der Waals surface area contributed by atoms with Crippen LogP contribution < -0.4 is 10.3 Å². The molecule has 0 unspecified atom stereocenters. The van der Waals surface area contributed by atoms with Crippen molar-refractivity contribution in [2.45, 2.75) is 0 Å². The molecule has 0 saturated heterocycles. The van der Waals surface area contributed by atoms with Crippen molar-refractivity contribution < 1.29 is 9.59 Å². The summed E-state index contributed by atoms with van der Waals surface area (Å²) in [4.78, 5) is 31.8. The zero-order chi connectivity index (χ0) is 19.0. The molecule has 4 rings (SSSR count). The molecule has 2 aromatic carbocycles. The van der Waals surface area contributed by atoms with Crippen molar-refractivity contribution in [1.29, 1.82) is 0 Å². The highest BCUT2D eigenvalue weighted by molar-refractivity contribution is 7.18. The van der Waals surface area contributed by atoms with Gasteiger partial charge in [0.25, 0.3) is 0 Å². The van der Waals surface area contributed by atoms with Gasteiger partial charge in [-0.2, -0.15) is 5.10 Å². The fourth-order valence-electron chi connectivity index (χ4n) is 2.83. The number of nitrogens with zero attached hydrogens (tertiary/aromatic N) is 3. The molecule has 1 heterocycles. The van der Waals surface area contributed by atoms with Crippen LogP contribution in [0.25, 0.3) is 0 Å². The Kier molecular flexibility index (Phi) is 4.29. The van der Waals surface area contributed by atoms with Crippen molar-refractivity contribution in [3.63, 3.8) is 0 Å². The van der Waals surface area contributed by atoms with Gasteiger partial charge in [-0.3, -0.25) is 15.0 Å². The molecule has 0 fully saturated rings. The van der Waals surface area contributed by atoms with Crippen molar-refractivity contribution >= 4 is 39.9 Å². The molecule has 0 radical (unpaired) electrons. The number of rotatable bonds is 4. The number of aromatic nitrogens is 1. The minimum atomic E-state index is -0.229. The van der Waals surface area contributed by atoms with Crippen LogP contribution >= 0.6 is 11.3 Å². The Morgan fingerprint density at radius 2 is 1.67 bits per heavy atom. The second kappa shape index (κ2) is 6.77. The van der Waals surface area contributed by atoms with Crippen LogP contribution in [-0.2, 0) is 0 Å². The van der Waals surface area contributed by atoms with Gasteiger partial charge in [0, 0.05) is 30.9 Å². The van der Waals surface area contributed by atoms with Crippen LogP contribution in [-0.4, -0.2) is 36.9 Å². The lowest BCUT2D eigenvalue weighted by Crippen LogP contribution is -2.19. The molecule has 3 aromatic rings. The largest absolute Gasteiger partial charge is 0.378 e. The quantitative estimate of drug-likeness (QED) is 0.436. The molecule has 1 aliphatic carbocycles. The van der Waals surface area contributed by atoms with Gasteiger partial charge in [0.1, 0.15) is 10.6 Å². The van der Waals surface area contributed by atoms with E-state index in [9.17, 15) is 9.59 Å². The highest BCUT2D eigenvalue weighted by Crippen LogP contribution is 2.32. The van der Waals surface area contributed by atoms with Crippen molar-refractivity contribution in [3.8, 4) is 0 Å². The van der Waals surface area contributed by atoms with Gasteiger partial charge in [0.2, 0.25) is 16.7 Å². The van der Waals surface area contributed by atoms with Gasteiger partial charge >= 0.3 is 0 Å². The molecule has 1 aliphatic rings. The summed E-state index contributed by atoms with van der Waals surface area (Å²) in [5.41, 5.74) is 5.86. The topological polar surface area (TPSA) is 74.7 Å². The van der Waals surface area contributed by atoms with E-state index in [0.29, 0.717) is 21.1 Å². The van der Waals surface area contributed by atoms with Crippen LogP contribution in [0.5, 0.6) is 0 Å². The zero-order valence-electron chi connectivity index (χ0n) is 14.8. The van der Waals surface area contributed by atoms with Gasteiger partial charge < -0.3 is 4.90 Å². The monoisotopic (exact) mass is 376 g/mol. The second-order valence-electron chi connectivity index (χ2n) is 6.26. The zero-order valence-corrected chi connectivity index (χ0v) is 15.6. The summed E-state index contributed by atoms with van der Waals surface area (Å²) in [5, 5.41) is 4.58. The standard InChI is InChI=1S/C20H16N4O2S/c1-24(2)13-9-7-12(8-10-13)11-21-23-20-22-16-17(25)14-5-3-4-6-15(14)18(26)19(16)27-20/h3-11H,1-2H3,(H,22,23)/b21-11+. The third-order valence-corrected chi connectivity index (χ3v) is 5.21. The van der Waals surface area contributed by atoms with E-state index in [1.54, 1.807) is 30.5 Å². The minimum absolute atomic E-state index is 0.172. The van der Waals surface area contributed by atoms with Crippen LogP contribution in [0.4, 0.5) is 10.8 Å². The number of carbonyl (C=O) groups is 2. The highest BCUT2D eigenvalue weighted by atomic mass is 32.1. The number of fused-ring (bicyclic) bond motifs is 2. The summed E-state index contributed by atoms with van der Waals surface area (Å²) in [5.74, 6) is -0.401. The van der Waals surface area contributed by atoms with Crippen LogP contribution in [0.1, 0.15) is 36.9 Å². The first-order chi connectivity index (χ1) is 13.0. The van der Waals surface area contributed by atoms with E-state index in [1.807, 2.05) is 43.3 Å². The van der Waals surface area contributed by atoms with Crippen LogP contribution in [0, 0.1) is 0 Å². The molecule has 27 heavy (non-hydrogen) atoms. The molecule has 7 heteroatoms. The van der Waals surface area contributed by atoms with Gasteiger partial charge in [0.05, 0.1) is 6.21 Å². The van der Waals surface area contributed by atoms with E-state index in [1.165, 1.54) is 0 Å². The third kappa shape index (κ3) is 3.13. The molecule has 0 saturated carbocycles. The Morgan fingerprint density at radius 1 is 1.00 bits per heavy atom. The number of ketones is 2. The van der Waals surface area contributed by atoms with E-state index in [-0.39, 0.29) is 17.3 Å². The van der Waals surface area contributed by atoms with E-state index < -0.39 is 0 Å². The van der Waals surface area contributed by atoms with Crippen molar-refractivity contribution in [2.24, 2.45) is 5.10 Å². The number of carbonyl (C=O) groups excluding carboxylic acids is 2. The predicted octanol–water partition coefficient (Wildman–Crippen LogP) is 3.43. The Bertz CT molecular complexity index is 1020. The molecule has 0 atom stereocenters. The van der Waals surface area contributed by atoms with Gasteiger partial charge in [0.15, 0.2) is 0 Å². The van der Waals surface area contributed by atoms with Crippen LogP contribution in [0.2, 0.25) is 0 Å². The average Bonchev–Trinajstić information content (AvgIpc) is 3.11. The molecule has 1 aromatic heterocycles. The molecule has 0 amide bonds. The summed E-state index contributed by atoms with van der Waals surface area (Å²) in [7, 11) is 3.96. The smallest absolute Gasteiger partial charge is 0.213 e. The lowest BCUT2D eigenvalue weighted by Gasteiger charge is -2.11. The summed E-state index contributed by atoms with van der Waals surface area (Å²) < 4.78 is 0. The maximum atomic E-state index is 12.6. The Morgan fingerprint density at radius 3 is 2.33 bits per heavy atom. The molecule has 0 aliphatic heterocycles. The van der Waals surface area contributed by atoms with E-state index >= 15 is 0 Å². The Balaban J connectivity index is 1.53. The van der Waals surface area contributed by atoms with Gasteiger partial charge in [-0.15, -0.1) is 0 Å². The highest BCUT2D eigenvalue weighted by Gasteiger charge is 2.33. The van der Waals surface area contributed by atoms with Crippen LogP contribution in [0.15, 0.2) is 53.6 Å². The predicted molar refractivity (Wildman–Crippen MR) is 107 cm³/mol. The number of thiazole rings is 1. The SMILES string of the molecule is CN(C)c1ccc(/C=N/Nc2nc3c(s2)C(=O)c2ccccc2C3=O)cc1. The fourth-order valence-corrected chi connectivity index (χ4v) is 3.69. The number of nitrogens with one attached hydrogen (secondary N) is 1. The van der Waals surface area contributed by atoms with Crippen molar-refractivity contribution in [1.82, 2.24) is 4.98 Å². The van der Waals surface area contributed by atoms with Crippen LogP contribution in [0.3, 0.4) is 0 Å². The summed E-state index contributed by atoms with van der Waals surface area (Å²) >= 11 is 1.14. The fraction of sp³-hybridized carbons (Fsp3) is 0.100. The first-order valence-electron chi connectivity index (χ1n) is 8.30. The minimum Gasteiger partial charge on any atom is -0.378 e. The summed E-state index contributed by atoms with van der Waals surface area (Å²) in [6, 6.07) is 14.7. The number of hydrazone groups is 1. The molecular formula is C20H16N4O2S. The molecule has 0 bridgehead atoms. The number of hydrogen-bond donors (Lipinski definition) is 1. The van der Waals surface area contributed by atoms with Crippen molar-refractivity contribution in [2.75, 3.05) is 24.4 Å². The van der Waals surface area contributed by atoms with Crippen molar-refractivity contribution in [3.05, 3.63) is 75.8 Å². The Hall–Kier alpha value is -3.32. The lowest BCUT2D eigenvalue weighted by atomic mass is 9.91. The van der Waals surface area contributed by atoms with Gasteiger partial charge in [-0.05, 0) is 17.7 Å². The van der Waals surface area contributed by atoms with Gasteiger partial charge in [-0.1, -0.05) is 47.7 Å². The average molecular weight is 376 g/mol. The number of benzene rings is 2. The lowest BCUT2D eigenvalue weighted by molar-refractivity contribution is 0.0979. The number of anilines is 2. The third-order valence-electron chi connectivity index (χ3n) is 4.25. The normalized spacial score (nSPS) is 12.8. The molecular weight excluding hydrogens is 360 g/mol. The first-order valence-corrected chi connectivity index (χ1v) is 9.12.